The van der Waals surface area contributed by atoms with Crippen LogP contribution in [0.5, 0.6) is 0 Å². The van der Waals surface area contributed by atoms with Crippen LogP contribution in [0.1, 0.15) is 51.4 Å². The molecule has 3 heteroatoms. The highest BCUT2D eigenvalue weighted by Crippen LogP contribution is 2.15. The number of hydrogen-bond acceptors (Lipinski definition) is 3. The first-order valence-corrected chi connectivity index (χ1v) is 7.40. The Balaban J connectivity index is 3.82. The summed E-state index contributed by atoms with van der Waals surface area (Å²) in [6, 6.07) is 0. The topological polar surface area (TPSA) is 49.7 Å². The summed E-state index contributed by atoms with van der Waals surface area (Å²) in [6.45, 7) is 8.16. The van der Waals surface area contributed by atoms with Crippen LogP contribution in [0.4, 0.5) is 0 Å². The Labute approximate surface area is 118 Å². The molecule has 2 unspecified atom stereocenters. The molecule has 112 valence electrons. The molecule has 0 aromatic heterocycles. The number of aliphatic hydroxyl groups is 2. The van der Waals surface area contributed by atoms with Crippen LogP contribution in [0.2, 0.25) is 0 Å². The molecule has 0 aliphatic rings. The summed E-state index contributed by atoms with van der Waals surface area (Å²) in [4.78, 5) is 0. The number of ether oxygens (including phenoxy) is 1. The highest BCUT2D eigenvalue weighted by molar-refractivity contribution is 4.86. The van der Waals surface area contributed by atoms with E-state index in [9.17, 15) is 0 Å². The summed E-state index contributed by atoms with van der Waals surface area (Å²) in [5.74, 6) is 0. The van der Waals surface area contributed by atoms with E-state index in [1.807, 2.05) is 12.2 Å². The van der Waals surface area contributed by atoms with E-state index >= 15 is 0 Å². The van der Waals surface area contributed by atoms with Crippen molar-refractivity contribution in [2.75, 3.05) is 13.2 Å². The number of hydrogen-bond donors (Lipinski definition) is 2. The summed E-state index contributed by atoms with van der Waals surface area (Å²) in [6.07, 6.45) is 11.6. The maximum atomic E-state index is 8.73. The Kier molecular flexibility index (Phi) is 13.3. The van der Waals surface area contributed by atoms with Gasteiger partial charge in [0.25, 0.3) is 0 Å². The SMILES string of the molecule is C=CC(CCCCCO)OC(C=C)CCCCCO. The van der Waals surface area contributed by atoms with E-state index in [-0.39, 0.29) is 25.4 Å². The van der Waals surface area contributed by atoms with Gasteiger partial charge in [-0.1, -0.05) is 37.8 Å². The van der Waals surface area contributed by atoms with Crippen molar-refractivity contribution in [1.82, 2.24) is 0 Å². The predicted molar refractivity (Wildman–Crippen MR) is 80.2 cm³/mol. The Bertz CT molecular complexity index is 194. The molecule has 0 fully saturated rings. The maximum absolute atomic E-state index is 8.73. The molecule has 0 aromatic carbocycles. The summed E-state index contributed by atoms with van der Waals surface area (Å²) in [5, 5.41) is 17.5. The van der Waals surface area contributed by atoms with Crippen molar-refractivity contribution >= 4 is 0 Å². The molecule has 0 spiro atoms. The minimum absolute atomic E-state index is 0.0690. The largest absolute Gasteiger partial charge is 0.396 e. The van der Waals surface area contributed by atoms with Crippen LogP contribution in [0, 0.1) is 0 Å². The molecule has 0 aromatic rings. The Morgan fingerprint density at radius 3 is 1.47 bits per heavy atom. The van der Waals surface area contributed by atoms with Crippen molar-refractivity contribution < 1.29 is 14.9 Å². The second-order valence-electron chi connectivity index (χ2n) is 4.83. The average Bonchev–Trinajstić information content (AvgIpc) is 2.44. The van der Waals surface area contributed by atoms with Gasteiger partial charge in [-0.3, -0.25) is 0 Å². The molecule has 0 rings (SSSR count). The molecule has 0 aliphatic heterocycles. The highest BCUT2D eigenvalue weighted by Gasteiger charge is 2.11. The van der Waals surface area contributed by atoms with Crippen molar-refractivity contribution in [2.45, 2.75) is 63.6 Å². The summed E-state index contributed by atoms with van der Waals surface area (Å²) >= 11 is 0. The van der Waals surface area contributed by atoms with Crippen molar-refractivity contribution in [2.24, 2.45) is 0 Å². The van der Waals surface area contributed by atoms with Gasteiger partial charge in [-0.2, -0.15) is 0 Å². The first-order valence-electron chi connectivity index (χ1n) is 7.40. The minimum Gasteiger partial charge on any atom is -0.396 e. The van der Waals surface area contributed by atoms with Gasteiger partial charge < -0.3 is 14.9 Å². The molecular weight excluding hydrogens is 240 g/mol. The van der Waals surface area contributed by atoms with Gasteiger partial charge in [0, 0.05) is 13.2 Å². The molecule has 0 bridgehead atoms. The zero-order chi connectivity index (χ0) is 14.3. The van der Waals surface area contributed by atoms with Crippen LogP contribution in [-0.2, 0) is 4.74 Å². The van der Waals surface area contributed by atoms with Gasteiger partial charge in [0.1, 0.15) is 0 Å². The fourth-order valence-electron chi connectivity index (χ4n) is 1.98. The Morgan fingerprint density at radius 2 is 1.16 bits per heavy atom. The normalized spacial score (nSPS) is 14.0. The van der Waals surface area contributed by atoms with Crippen molar-refractivity contribution in [3.8, 4) is 0 Å². The average molecular weight is 270 g/mol. The summed E-state index contributed by atoms with van der Waals surface area (Å²) in [7, 11) is 0. The second-order valence-corrected chi connectivity index (χ2v) is 4.83. The van der Waals surface area contributed by atoms with E-state index in [4.69, 9.17) is 14.9 Å². The lowest BCUT2D eigenvalue weighted by Crippen LogP contribution is -2.19. The molecule has 19 heavy (non-hydrogen) atoms. The lowest BCUT2D eigenvalue weighted by atomic mass is 10.1. The lowest BCUT2D eigenvalue weighted by molar-refractivity contribution is 0.0296. The highest BCUT2D eigenvalue weighted by atomic mass is 16.5. The van der Waals surface area contributed by atoms with Gasteiger partial charge in [0.2, 0.25) is 0 Å². The summed E-state index contributed by atoms with van der Waals surface area (Å²) in [5.41, 5.74) is 0. The molecule has 2 atom stereocenters. The first kappa shape index (κ1) is 18.4. The summed E-state index contributed by atoms with van der Waals surface area (Å²) < 4.78 is 5.95. The van der Waals surface area contributed by atoms with E-state index in [2.05, 4.69) is 13.2 Å². The van der Waals surface area contributed by atoms with Crippen LogP contribution < -0.4 is 0 Å². The molecule has 0 saturated heterocycles. The van der Waals surface area contributed by atoms with Gasteiger partial charge in [-0.15, -0.1) is 13.2 Å². The third-order valence-electron chi connectivity index (χ3n) is 3.17. The second kappa shape index (κ2) is 13.8. The van der Waals surface area contributed by atoms with E-state index in [0.717, 1.165) is 51.4 Å². The zero-order valence-electron chi connectivity index (χ0n) is 12.1. The molecule has 0 radical (unpaired) electrons. The lowest BCUT2D eigenvalue weighted by Gasteiger charge is -2.20. The van der Waals surface area contributed by atoms with E-state index in [0.29, 0.717) is 0 Å². The van der Waals surface area contributed by atoms with Crippen molar-refractivity contribution in [3.05, 3.63) is 25.3 Å². The van der Waals surface area contributed by atoms with Gasteiger partial charge in [0.15, 0.2) is 0 Å². The smallest absolute Gasteiger partial charge is 0.0761 e. The molecule has 0 saturated carbocycles. The van der Waals surface area contributed by atoms with Crippen molar-refractivity contribution in [1.29, 1.82) is 0 Å². The van der Waals surface area contributed by atoms with Gasteiger partial charge in [0.05, 0.1) is 12.2 Å². The minimum atomic E-state index is 0.0690. The predicted octanol–water partition coefficient (Wildman–Crippen LogP) is 3.22. The van der Waals surface area contributed by atoms with Crippen LogP contribution >= 0.6 is 0 Å². The molecule has 2 N–H and O–H groups in total. The standard InChI is InChI=1S/C16H30O3/c1-3-15(11-7-5-9-13-17)19-16(4-2)12-8-6-10-14-18/h3-4,15-18H,1-2,5-14H2. The monoisotopic (exact) mass is 270 g/mol. The third-order valence-corrected chi connectivity index (χ3v) is 3.17. The fraction of sp³-hybridized carbons (Fsp3) is 0.750. The molecule has 0 aliphatic carbocycles. The third kappa shape index (κ3) is 10.9. The van der Waals surface area contributed by atoms with Crippen LogP contribution in [0.25, 0.3) is 0 Å². The molecule has 0 heterocycles. The number of rotatable bonds is 14. The first-order chi connectivity index (χ1) is 9.28. The van der Waals surface area contributed by atoms with Gasteiger partial charge in [-0.05, 0) is 25.7 Å². The van der Waals surface area contributed by atoms with Gasteiger partial charge >= 0.3 is 0 Å². The maximum Gasteiger partial charge on any atom is 0.0761 e. The zero-order valence-corrected chi connectivity index (χ0v) is 12.1. The number of aliphatic hydroxyl groups excluding tert-OH is 2. The van der Waals surface area contributed by atoms with Gasteiger partial charge in [-0.25, -0.2) is 0 Å². The number of unbranched alkanes of at least 4 members (excludes halogenated alkanes) is 4. The van der Waals surface area contributed by atoms with E-state index < -0.39 is 0 Å². The Morgan fingerprint density at radius 1 is 0.737 bits per heavy atom. The molecule has 0 amide bonds. The van der Waals surface area contributed by atoms with Crippen LogP contribution in [-0.4, -0.2) is 35.6 Å². The van der Waals surface area contributed by atoms with E-state index in [1.54, 1.807) is 0 Å². The van der Waals surface area contributed by atoms with Crippen molar-refractivity contribution in [3.63, 3.8) is 0 Å². The van der Waals surface area contributed by atoms with E-state index in [1.165, 1.54) is 0 Å². The van der Waals surface area contributed by atoms with Crippen LogP contribution in [0.3, 0.4) is 0 Å². The molecular formula is C16H30O3. The van der Waals surface area contributed by atoms with Crippen LogP contribution in [0.15, 0.2) is 25.3 Å². The molecule has 3 nitrogen and oxygen atoms in total. The Hall–Kier alpha value is -0.640. The quantitative estimate of drug-likeness (QED) is 0.376. The fourth-order valence-corrected chi connectivity index (χ4v) is 1.98.